The van der Waals surface area contributed by atoms with Gasteiger partial charge in [-0.25, -0.2) is 0 Å². The van der Waals surface area contributed by atoms with Crippen molar-refractivity contribution >= 4 is 39.7 Å². The first-order chi connectivity index (χ1) is 15.5. The minimum Gasteiger partial charge on any atom is -0.310 e. The number of anilines is 1. The van der Waals surface area contributed by atoms with Crippen LogP contribution in [0.5, 0.6) is 0 Å². The van der Waals surface area contributed by atoms with Crippen molar-refractivity contribution in [3.8, 4) is 0 Å². The Kier molecular flexibility index (Phi) is 5.49. The molecule has 0 atom stereocenters. The van der Waals surface area contributed by atoms with Crippen molar-refractivity contribution in [3.63, 3.8) is 0 Å². The van der Waals surface area contributed by atoms with Gasteiger partial charge < -0.3 is 13.9 Å². The smallest absolute Gasteiger partial charge is 0.275 e. The molecule has 0 unspecified atom stereocenters. The third-order valence-corrected chi connectivity index (χ3v) is 6.44. The van der Waals surface area contributed by atoms with Crippen molar-refractivity contribution < 1.29 is 4.79 Å². The Bertz CT molecular complexity index is 1360. The topological polar surface area (TPSA) is 50.0 Å². The van der Waals surface area contributed by atoms with Crippen LogP contribution in [0.15, 0.2) is 65.6 Å². The lowest BCUT2D eigenvalue weighted by atomic mass is 10.2. The van der Waals surface area contributed by atoms with Crippen LogP contribution in [0.25, 0.3) is 16.6 Å². The lowest BCUT2D eigenvalue weighted by molar-refractivity contribution is -0.121. The fourth-order valence-corrected chi connectivity index (χ4v) is 4.67. The van der Waals surface area contributed by atoms with Crippen molar-refractivity contribution in [2.45, 2.75) is 19.9 Å². The molecule has 2 aromatic heterocycles. The summed E-state index contributed by atoms with van der Waals surface area (Å²) in [6, 6.07) is 17.3. The van der Waals surface area contributed by atoms with Gasteiger partial charge in [-0.2, -0.15) is 0 Å². The summed E-state index contributed by atoms with van der Waals surface area (Å²) >= 11 is 5.96. The van der Waals surface area contributed by atoms with E-state index in [4.69, 9.17) is 11.6 Å². The van der Waals surface area contributed by atoms with Crippen LogP contribution in [0.4, 0.5) is 5.69 Å². The van der Waals surface area contributed by atoms with E-state index in [0.29, 0.717) is 30.2 Å². The number of carbonyl (C=O) groups excluding carboxylic acids is 1. The predicted molar refractivity (Wildman–Crippen MR) is 129 cm³/mol. The average Bonchev–Trinajstić information content (AvgIpc) is 3.28. The van der Waals surface area contributed by atoms with Gasteiger partial charge in [-0.05, 0) is 67.4 Å². The quantitative estimate of drug-likeness (QED) is 0.464. The minimum absolute atomic E-state index is 0.0231. The number of piperazine rings is 1. The number of hydrogen-bond donors (Lipinski definition) is 0. The molecule has 1 amide bonds. The molecular weight excluding hydrogens is 424 g/mol. The van der Waals surface area contributed by atoms with Crippen molar-refractivity contribution in [1.82, 2.24) is 13.9 Å². The largest absolute Gasteiger partial charge is 0.310 e. The molecule has 1 saturated heterocycles. The van der Waals surface area contributed by atoms with Crippen LogP contribution < -0.4 is 10.5 Å². The monoisotopic (exact) mass is 448 g/mol. The average molecular weight is 449 g/mol. The molecule has 5 rings (SSSR count). The maximum Gasteiger partial charge on any atom is 0.275 e. The standard InChI is InChI=1S/C25H25ClN4O2/c1-18-5-10-21-23(16-18)29-12-2-4-22(29)25(32)30(21)13-3-11-27-14-15-28(24(31)17-27)20-8-6-19(26)7-9-20/h2,4-10,12,16H,3,11,13-15,17H2,1H3. The fourth-order valence-electron chi connectivity index (χ4n) is 4.55. The molecule has 6 nitrogen and oxygen atoms in total. The van der Waals surface area contributed by atoms with E-state index in [1.807, 2.05) is 68.6 Å². The number of hydrogen-bond acceptors (Lipinski definition) is 3. The molecule has 0 aliphatic carbocycles. The number of aryl methyl sites for hydroxylation is 2. The van der Waals surface area contributed by atoms with E-state index in [1.165, 1.54) is 0 Å². The van der Waals surface area contributed by atoms with Gasteiger partial charge in [0.25, 0.3) is 5.56 Å². The molecule has 3 heterocycles. The third kappa shape index (κ3) is 3.80. The maximum atomic E-state index is 13.1. The van der Waals surface area contributed by atoms with Gasteiger partial charge in [0.15, 0.2) is 0 Å². The zero-order valence-corrected chi connectivity index (χ0v) is 18.8. The second kappa shape index (κ2) is 8.45. The molecule has 4 aromatic rings. The van der Waals surface area contributed by atoms with Crippen molar-refractivity contribution in [1.29, 1.82) is 0 Å². The fraction of sp³-hybridized carbons (Fsp3) is 0.280. The first-order valence-electron chi connectivity index (χ1n) is 10.9. The molecule has 1 fully saturated rings. The number of fused-ring (bicyclic) bond motifs is 3. The molecule has 1 aliphatic rings. The first-order valence-corrected chi connectivity index (χ1v) is 11.3. The lowest BCUT2D eigenvalue weighted by Crippen LogP contribution is -2.50. The summed E-state index contributed by atoms with van der Waals surface area (Å²) in [6.45, 7) is 5.29. The van der Waals surface area contributed by atoms with Crippen LogP contribution in [-0.2, 0) is 11.3 Å². The van der Waals surface area contributed by atoms with E-state index in [-0.39, 0.29) is 11.5 Å². The Balaban J connectivity index is 1.29. The Morgan fingerprint density at radius 1 is 0.906 bits per heavy atom. The molecule has 32 heavy (non-hydrogen) atoms. The highest BCUT2D eigenvalue weighted by Crippen LogP contribution is 2.21. The molecule has 0 N–H and O–H groups in total. The summed E-state index contributed by atoms with van der Waals surface area (Å²) in [5, 5.41) is 0.663. The van der Waals surface area contributed by atoms with E-state index in [1.54, 1.807) is 0 Å². The number of aromatic nitrogens is 2. The Morgan fingerprint density at radius 3 is 2.50 bits per heavy atom. The number of rotatable bonds is 5. The van der Waals surface area contributed by atoms with Gasteiger partial charge in [0.2, 0.25) is 5.91 Å². The summed E-state index contributed by atoms with van der Waals surface area (Å²) in [5.74, 6) is 0.0891. The Hall–Kier alpha value is -3.09. The molecule has 0 spiro atoms. The SMILES string of the molecule is Cc1ccc2c(c1)n1cccc1c(=O)n2CCCN1CCN(c2ccc(Cl)cc2)C(=O)C1. The van der Waals surface area contributed by atoms with Gasteiger partial charge in [-0.15, -0.1) is 0 Å². The highest BCUT2D eigenvalue weighted by atomic mass is 35.5. The molecule has 164 valence electrons. The summed E-state index contributed by atoms with van der Waals surface area (Å²) in [6.07, 6.45) is 2.74. The third-order valence-electron chi connectivity index (χ3n) is 6.19. The molecule has 1 aliphatic heterocycles. The number of halogens is 1. The lowest BCUT2D eigenvalue weighted by Gasteiger charge is -2.34. The molecule has 7 heteroatoms. The number of carbonyl (C=O) groups is 1. The summed E-state index contributed by atoms with van der Waals surface area (Å²) in [5.41, 5.74) is 4.73. The minimum atomic E-state index is 0.0231. The second-order valence-corrected chi connectivity index (χ2v) is 8.80. The van der Waals surface area contributed by atoms with Crippen LogP contribution in [0, 0.1) is 6.92 Å². The van der Waals surface area contributed by atoms with Gasteiger partial charge in [0.1, 0.15) is 5.52 Å². The summed E-state index contributed by atoms with van der Waals surface area (Å²) in [7, 11) is 0. The molecule has 0 bridgehead atoms. The highest BCUT2D eigenvalue weighted by molar-refractivity contribution is 6.30. The van der Waals surface area contributed by atoms with Crippen LogP contribution in [-0.4, -0.2) is 46.0 Å². The second-order valence-electron chi connectivity index (χ2n) is 8.36. The van der Waals surface area contributed by atoms with Crippen molar-refractivity contribution in [2.24, 2.45) is 0 Å². The van der Waals surface area contributed by atoms with Crippen molar-refractivity contribution in [3.05, 3.63) is 81.7 Å². The van der Waals surface area contributed by atoms with E-state index in [2.05, 4.69) is 17.9 Å². The van der Waals surface area contributed by atoms with Crippen LogP contribution in [0.2, 0.25) is 5.02 Å². The van der Waals surface area contributed by atoms with Gasteiger partial charge >= 0.3 is 0 Å². The van der Waals surface area contributed by atoms with Gasteiger partial charge in [0, 0.05) is 43.1 Å². The van der Waals surface area contributed by atoms with Gasteiger partial charge in [-0.3, -0.25) is 14.5 Å². The Morgan fingerprint density at radius 2 is 1.72 bits per heavy atom. The maximum absolute atomic E-state index is 13.1. The zero-order chi connectivity index (χ0) is 22.2. The van der Waals surface area contributed by atoms with Gasteiger partial charge in [-0.1, -0.05) is 17.7 Å². The zero-order valence-electron chi connectivity index (χ0n) is 18.0. The Labute approximate surface area is 191 Å². The van der Waals surface area contributed by atoms with Gasteiger partial charge in [0.05, 0.1) is 17.6 Å². The van der Waals surface area contributed by atoms with Crippen LogP contribution in [0.1, 0.15) is 12.0 Å². The van der Waals surface area contributed by atoms with E-state index >= 15 is 0 Å². The van der Waals surface area contributed by atoms with E-state index < -0.39 is 0 Å². The van der Waals surface area contributed by atoms with Crippen LogP contribution >= 0.6 is 11.6 Å². The number of nitrogens with zero attached hydrogens (tertiary/aromatic N) is 4. The van der Waals surface area contributed by atoms with E-state index in [0.717, 1.165) is 41.8 Å². The normalized spacial score (nSPS) is 15.2. The molecular formula is C25H25ClN4O2. The van der Waals surface area contributed by atoms with E-state index in [9.17, 15) is 9.59 Å². The highest BCUT2D eigenvalue weighted by Gasteiger charge is 2.24. The molecule has 0 saturated carbocycles. The first kappa shape index (κ1) is 20.8. The van der Waals surface area contributed by atoms with Crippen molar-refractivity contribution in [2.75, 3.05) is 31.1 Å². The number of amides is 1. The summed E-state index contributed by atoms with van der Waals surface area (Å²) < 4.78 is 3.84. The molecule has 0 radical (unpaired) electrons. The number of benzene rings is 2. The molecule has 2 aromatic carbocycles. The summed E-state index contributed by atoms with van der Waals surface area (Å²) in [4.78, 5) is 29.8. The van der Waals surface area contributed by atoms with Crippen LogP contribution in [0.3, 0.4) is 0 Å². The predicted octanol–water partition coefficient (Wildman–Crippen LogP) is 3.95.